The lowest BCUT2D eigenvalue weighted by atomic mass is 10.1. The second-order valence-corrected chi connectivity index (χ2v) is 2.20. The topological polar surface area (TPSA) is 0 Å². The van der Waals surface area contributed by atoms with Crippen LogP contribution in [0.2, 0.25) is 0 Å². The van der Waals surface area contributed by atoms with Crippen LogP contribution in [0, 0.1) is 12.3 Å². The molecule has 12 heavy (non-hydrogen) atoms. The molecule has 0 atom stereocenters. The molecular formula is C9H4F3. The Labute approximate surface area is 68.0 Å². The Bertz CT molecular complexity index is 317. The molecule has 0 aliphatic carbocycles. The van der Waals surface area contributed by atoms with Crippen LogP contribution in [0.3, 0.4) is 0 Å². The fourth-order valence-electron chi connectivity index (χ4n) is 0.773. The summed E-state index contributed by atoms with van der Waals surface area (Å²) in [5.41, 5.74) is -0.621. The van der Waals surface area contributed by atoms with E-state index in [1.807, 2.05) is 5.92 Å². The minimum Gasteiger partial charge on any atom is -0.166 e. The van der Waals surface area contributed by atoms with Crippen molar-refractivity contribution < 1.29 is 13.2 Å². The molecule has 61 valence electrons. The van der Waals surface area contributed by atoms with Crippen LogP contribution in [0.25, 0.3) is 0 Å². The minimum atomic E-state index is -4.34. The molecule has 1 radical (unpaired) electrons. The highest BCUT2D eigenvalue weighted by Crippen LogP contribution is 2.29. The molecule has 0 bridgehead atoms. The van der Waals surface area contributed by atoms with Gasteiger partial charge in [0.25, 0.3) is 0 Å². The van der Waals surface area contributed by atoms with Crippen LogP contribution in [-0.4, -0.2) is 0 Å². The molecule has 0 N–H and O–H groups in total. The summed E-state index contributed by atoms with van der Waals surface area (Å²) in [6.07, 6.45) is 2.29. The molecule has 0 nitrogen and oxygen atoms in total. The molecule has 0 amide bonds. The van der Waals surface area contributed by atoms with Crippen LogP contribution in [-0.2, 0) is 6.18 Å². The van der Waals surface area contributed by atoms with E-state index < -0.39 is 11.7 Å². The summed E-state index contributed by atoms with van der Waals surface area (Å²) < 4.78 is 36.0. The summed E-state index contributed by atoms with van der Waals surface area (Å²) in [5, 5.41) is 0. The van der Waals surface area contributed by atoms with Crippen molar-refractivity contribution in [3.05, 3.63) is 41.8 Å². The third-order valence-electron chi connectivity index (χ3n) is 1.33. The van der Waals surface area contributed by atoms with Crippen molar-refractivity contribution in [2.24, 2.45) is 0 Å². The van der Waals surface area contributed by atoms with E-state index in [0.717, 1.165) is 12.1 Å². The first-order chi connectivity index (χ1) is 5.54. The lowest BCUT2D eigenvalue weighted by Gasteiger charge is -2.05. The van der Waals surface area contributed by atoms with Crippen molar-refractivity contribution in [3.63, 3.8) is 0 Å². The predicted molar refractivity (Wildman–Crippen MR) is 37.7 cm³/mol. The van der Waals surface area contributed by atoms with Gasteiger partial charge in [0.15, 0.2) is 0 Å². The molecule has 0 aliphatic heterocycles. The average molecular weight is 169 g/mol. The van der Waals surface area contributed by atoms with Gasteiger partial charge in [0.1, 0.15) is 0 Å². The van der Waals surface area contributed by atoms with Crippen molar-refractivity contribution in [3.8, 4) is 5.92 Å². The lowest BCUT2D eigenvalue weighted by molar-refractivity contribution is -0.137. The summed E-state index contributed by atoms with van der Waals surface area (Å²) in [7, 11) is 0. The smallest absolute Gasteiger partial charge is 0.166 e. The van der Waals surface area contributed by atoms with E-state index in [0.29, 0.717) is 0 Å². The quantitative estimate of drug-likeness (QED) is 0.524. The first-order valence-corrected chi connectivity index (χ1v) is 3.14. The van der Waals surface area contributed by atoms with Crippen molar-refractivity contribution in [2.45, 2.75) is 6.18 Å². The van der Waals surface area contributed by atoms with Gasteiger partial charge in [-0.1, -0.05) is 12.0 Å². The van der Waals surface area contributed by atoms with Gasteiger partial charge in [-0.15, -0.1) is 0 Å². The summed E-state index contributed by atoms with van der Waals surface area (Å²) in [5.74, 6) is 1.89. The number of alkyl halides is 3. The molecule has 0 unspecified atom stereocenters. The fourth-order valence-corrected chi connectivity index (χ4v) is 0.773. The number of benzene rings is 1. The number of hydrogen-bond acceptors (Lipinski definition) is 0. The highest BCUT2D eigenvalue weighted by atomic mass is 19.4. The normalized spacial score (nSPS) is 10.8. The molecule has 0 aromatic heterocycles. The molecule has 0 saturated carbocycles. The molecule has 1 aromatic rings. The van der Waals surface area contributed by atoms with E-state index in [9.17, 15) is 13.2 Å². The molecule has 0 saturated heterocycles. The first kappa shape index (κ1) is 8.66. The zero-order valence-electron chi connectivity index (χ0n) is 5.94. The van der Waals surface area contributed by atoms with Crippen molar-refractivity contribution in [1.82, 2.24) is 0 Å². The van der Waals surface area contributed by atoms with Gasteiger partial charge in [-0.25, -0.2) is 0 Å². The second-order valence-electron chi connectivity index (χ2n) is 2.20. The van der Waals surface area contributed by atoms with Gasteiger partial charge in [0.05, 0.1) is 5.56 Å². The Morgan fingerprint density at radius 3 is 2.42 bits per heavy atom. The Morgan fingerprint density at radius 2 is 1.92 bits per heavy atom. The Morgan fingerprint density at radius 1 is 1.25 bits per heavy atom. The standard InChI is InChI=1S/C9H4F3/c1-2-7-4-3-5-8(6-7)9(10,11)12/h3-6H. The number of halogens is 3. The second kappa shape index (κ2) is 2.90. The zero-order chi connectivity index (χ0) is 9.19. The highest BCUT2D eigenvalue weighted by molar-refractivity contribution is 5.34. The van der Waals surface area contributed by atoms with Gasteiger partial charge in [0, 0.05) is 5.56 Å². The first-order valence-electron chi connectivity index (χ1n) is 3.14. The van der Waals surface area contributed by atoms with Gasteiger partial charge in [-0.3, -0.25) is 0 Å². The lowest BCUT2D eigenvalue weighted by Crippen LogP contribution is -2.04. The molecule has 0 aliphatic rings. The van der Waals surface area contributed by atoms with Crippen molar-refractivity contribution >= 4 is 0 Å². The summed E-state index contributed by atoms with van der Waals surface area (Å²) in [6.45, 7) is 0. The fraction of sp³-hybridized carbons (Fsp3) is 0.111. The van der Waals surface area contributed by atoms with Gasteiger partial charge in [0.2, 0.25) is 0 Å². The average Bonchev–Trinajstić information content (AvgIpc) is 2.03. The van der Waals surface area contributed by atoms with Gasteiger partial charge in [-0.2, -0.15) is 13.2 Å². The SMILES string of the molecule is [C]#Cc1cccc(C(F)(F)F)c1. The molecule has 0 spiro atoms. The Kier molecular flexibility index (Phi) is 2.09. The highest BCUT2D eigenvalue weighted by Gasteiger charge is 2.30. The van der Waals surface area contributed by atoms with E-state index in [1.54, 1.807) is 0 Å². The number of hydrogen-bond donors (Lipinski definition) is 0. The number of rotatable bonds is 0. The Hall–Kier alpha value is -1.43. The van der Waals surface area contributed by atoms with E-state index in [4.69, 9.17) is 6.42 Å². The largest absolute Gasteiger partial charge is 0.416 e. The molecule has 1 rings (SSSR count). The van der Waals surface area contributed by atoms with Crippen LogP contribution in [0.5, 0.6) is 0 Å². The van der Waals surface area contributed by atoms with Crippen LogP contribution in [0.4, 0.5) is 13.2 Å². The molecule has 0 fully saturated rings. The van der Waals surface area contributed by atoms with E-state index in [1.165, 1.54) is 12.1 Å². The van der Waals surface area contributed by atoms with Crippen LogP contribution >= 0.6 is 0 Å². The molecule has 1 aromatic carbocycles. The predicted octanol–water partition coefficient (Wildman–Crippen LogP) is 2.64. The summed E-state index contributed by atoms with van der Waals surface area (Å²) >= 11 is 0. The molecule has 3 heteroatoms. The maximum Gasteiger partial charge on any atom is 0.416 e. The zero-order valence-corrected chi connectivity index (χ0v) is 5.94. The van der Waals surface area contributed by atoms with Gasteiger partial charge >= 0.3 is 6.18 Å². The maximum absolute atomic E-state index is 12.0. The molecule has 0 heterocycles. The van der Waals surface area contributed by atoms with Crippen molar-refractivity contribution in [2.75, 3.05) is 0 Å². The third-order valence-corrected chi connectivity index (χ3v) is 1.33. The van der Waals surface area contributed by atoms with Crippen molar-refractivity contribution in [1.29, 1.82) is 0 Å². The monoisotopic (exact) mass is 169 g/mol. The Balaban J connectivity index is 3.13. The minimum absolute atomic E-state index is 0.129. The third kappa shape index (κ3) is 1.79. The van der Waals surface area contributed by atoms with Crippen LogP contribution < -0.4 is 0 Å². The van der Waals surface area contributed by atoms with Crippen LogP contribution in [0.1, 0.15) is 11.1 Å². The van der Waals surface area contributed by atoms with E-state index in [2.05, 4.69) is 0 Å². The maximum atomic E-state index is 12.0. The van der Waals surface area contributed by atoms with Gasteiger partial charge in [-0.05, 0) is 24.6 Å². The summed E-state index contributed by atoms with van der Waals surface area (Å²) in [6, 6.07) is 4.48. The van der Waals surface area contributed by atoms with E-state index >= 15 is 0 Å². The summed E-state index contributed by atoms with van der Waals surface area (Å²) in [4.78, 5) is 0. The van der Waals surface area contributed by atoms with E-state index in [-0.39, 0.29) is 5.56 Å². The van der Waals surface area contributed by atoms with Gasteiger partial charge < -0.3 is 0 Å². The molecular weight excluding hydrogens is 165 g/mol. The van der Waals surface area contributed by atoms with Crippen LogP contribution in [0.15, 0.2) is 24.3 Å².